The van der Waals surface area contributed by atoms with Crippen molar-refractivity contribution in [3.05, 3.63) is 0 Å². The molecule has 1 atom stereocenters. The molecule has 0 aromatic rings. The number of nitrogens with zero attached hydrogens (tertiary/aromatic N) is 1. The summed E-state index contributed by atoms with van der Waals surface area (Å²) < 4.78 is 31.3. The Hall–Kier alpha value is -1.40. The molecule has 0 unspecified atom stereocenters. The maximum atomic E-state index is 13.1. The van der Waals surface area contributed by atoms with E-state index in [1.54, 1.807) is 20.8 Å². The smallest absolute Gasteiger partial charge is 0.411 e. The average molecular weight is 291 g/mol. The monoisotopic (exact) mass is 291 g/mol. The predicted octanol–water partition coefficient (Wildman–Crippen LogP) is 2.50. The number of aliphatic carboxylic acids is 1. The van der Waals surface area contributed by atoms with Crippen LogP contribution in [0, 0.1) is 5.41 Å². The second-order valence-electron chi connectivity index (χ2n) is 6.88. The Bertz CT molecular complexity index is 436. The van der Waals surface area contributed by atoms with Gasteiger partial charge in [-0.15, -0.1) is 0 Å². The van der Waals surface area contributed by atoms with Crippen LogP contribution < -0.4 is 0 Å². The van der Waals surface area contributed by atoms with Gasteiger partial charge >= 0.3 is 12.1 Å². The van der Waals surface area contributed by atoms with Gasteiger partial charge in [0.1, 0.15) is 11.6 Å². The number of halogens is 2. The fraction of sp³-hybridized carbons (Fsp3) is 0.846. The maximum absolute atomic E-state index is 13.1. The summed E-state index contributed by atoms with van der Waals surface area (Å²) in [6.45, 7) is 5.03. The third-order valence-electron chi connectivity index (χ3n) is 3.69. The lowest BCUT2D eigenvalue weighted by atomic mass is 9.65. The Morgan fingerprint density at radius 3 is 2.25 bits per heavy atom. The molecule has 1 aliphatic heterocycles. The number of carboxylic acid groups (broad SMARTS) is 1. The molecule has 1 aliphatic carbocycles. The first-order valence-electron chi connectivity index (χ1n) is 6.53. The van der Waals surface area contributed by atoms with Crippen molar-refractivity contribution in [3.63, 3.8) is 0 Å². The van der Waals surface area contributed by atoms with E-state index in [0.717, 1.165) is 4.90 Å². The van der Waals surface area contributed by atoms with Gasteiger partial charge in [0.2, 0.25) is 5.92 Å². The highest BCUT2D eigenvalue weighted by atomic mass is 19.3. The van der Waals surface area contributed by atoms with Crippen LogP contribution in [0.5, 0.6) is 0 Å². The van der Waals surface area contributed by atoms with Gasteiger partial charge in [-0.3, -0.25) is 4.90 Å². The van der Waals surface area contributed by atoms with E-state index in [-0.39, 0.29) is 25.8 Å². The van der Waals surface area contributed by atoms with Crippen LogP contribution in [-0.2, 0) is 9.53 Å². The third-order valence-corrected chi connectivity index (χ3v) is 3.69. The fourth-order valence-electron chi connectivity index (χ4n) is 3.09. The average Bonchev–Trinajstić information content (AvgIpc) is 2.53. The van der Waals surface area contributed by atoms with Gasteiger partial charge in [0.15, 0.2) is 0 Å². The number of carboxylic acids is 1. The van der Waals surface area contributed by atoms with Crippen molar-refractivity contribution in [1.82, 2.24) is 4.90 Å². The largest absolute Gasteiger partial charge is 0.480 e. The Balaban J connectivity index is 2.11. The first kappa shape index (κ1) is 15.0. The van der Waals surface area contributed by atoms with Crippen LogP contribution in [-0.4, -0.2) is 46.2 Å². The summed E-state index contributed by atoms with van der Waals surface area (Å²) in [5.74, 6) is -3.92. The number of carbonyl (C=O) groups is 2. The SMILES string of the molecule is CC(C)(C)OC(=O)N1CC2(C[C@H]1C(=O)O)CC(F)(F)C2. The van der Waals surface area contributed by atoms with Crippen LogP contribution >= 0.6 is 0 Å². The van der Waals surface area contributed by atoms with Crippen molar-refractivity contribution in [1.29, 1.82) is 0 Å². The molecule has 20 heavy (non-hydrogen) atoms. The molecule has 2 rings (SSSR count). The normalized spacial score (nSPS) is 27.2. The Morgan fingerprint density at radius 2 is 1.85 bits per heavy atom. The molecule has 1 heterocycles. The number of rotatable bonds is 1. The highest BCUT2D eigenvalue weighted by Gasteiger charge is 2.63. The van der Waals surface area contributed by atoms with E-state index in [1.165, 1.54) is 0 Å². The number of ether oxygens (including phenoxy) is 1. The van der Waals surface area contributed by atoms with Crippen LogP contribution in [0.1, 0.15) is 40.0 Å². The second kappa shape index (κ2) is 4.30. The summed E-state index contributed by atoms with van der Waals surface area (Å²) in [6.07, 6.45) is -1.40. The molecule has 0 aromatic heterocycles. The minimum Gasteiger partial charge on any atom is -0.480 e. The van der Waals surface area contributed by atoms with Crippen molar-refractivity contribution in [3.8, 4) is 0 Å². The molecule has 5 nitrogen and oxygen atoms in total. The van der Waals surface area contributed by atoms with Crippen molar-refractivity contribution in [2.75, 3.05) is 6.54 Å². The lowest BCUT2D eigenvalue weighted by molar-refractivity contribution is -0.157. The lowest BCUT2D eigenvalue weighted by Crippen LogP contribution is -2.48. The van der Waals surface area contributed by atoms with Crippen LogP contribution in [0.15, 0.2) is 0 Å². The zero-order valence-electron chi connectivity index (χ0n) is 11.8. The number of likely N-dealkylation sites (tertiary alicyclic amines) is 1. The van der Waals surface area contributed by atoms with Gasteiger partial charge in [-0.1, -0.05) is 0 Å². The van der Waals surface area contributed by atoms with E-state index in [4.69, 9.17) is 4.74 Å². The Morgan fingerprint density at radius 1 is 1.30 bits per heavy atom. The molecule has 2 fully saturated rings. The summed E-state index contributed by atoms with van der Waals surface area (Å²) in [7, 11) is 0. The zero-order chi connectivity index (χ0) is 15.3. The quantitative estimate of drug-likeness (QED) is 0.806. The summed E-state index contributed by atoms with van der Waals surface area (Å²) in [5, 5.41) is 9.18. The topological polar surface area (TPSA) is 66.8 Å². The van der Waals surface area contributed by atoms with Crippen LogP contribution in [0.25, 0.3) is 0 Å². The van der Waals surface area contributed by atoms with Crippen LogP contribution in [0.3, 0.4) is 0 Å². The fourth-order valence-corrected chi connectivity index (χ4v) is 3.09. The number of alkyl halides is 2. The van der Waals surface area contributed by atoms with Crippen molar-refractivity contribution in [2.45, 2.75) is 57.6 Å². The number of amides is 1. The van der Waals surface area contributed by atoms with Crippen LogP contribution in [0.2, 0.25) is 0 Å². The van der Waals surface area contributed by atoms with Crippen LogP contribution in [0.4, 0.5) is 13.6 Å². The molecule has 2 aliphatic rings. The summed E-state index contributed by atoms with van der Waals surface area (Å²) >= 11 is 0. The van der Waals surface area contributed by atoms with E-state index < -0.39 is 35.0 Å². The highest BCUT2D eigenvalue weighted by molar-refractivity contribution is 5.81. The van der Waals surface area contributed by atoms with Gasteiger partial charge < -0.3 is 9.84 Å². The molecule has 1 amide bonds. The Kier molecular flexibility index (Phi) is 3.22. The molecule has 0 aromatic carbocycles. The zero-order valence-corrected chi connectivity index (χ0v) is 11.8. The first-order chi connectivity index (χ1) is 8.93. The van der Waals surface area contributed by atoms with E-state index >= 15 is 0 Å². The number of hydrogen-bond acceptors (Lipinski definition) is 3. The van der Waals surface area contributed by atoms with Crippen molar-refractivity contribution in [2.24, 2.45) is 5.41 Å². The van der Waals surface area contributed by atoms with Gasteiger partial charge in [0.05, 0.1) is 0 Å². The van der Waals surface area contributed by atoms with E-state index in [0.29, 0.717) is 0 Å². The third kappa shape index (κ3) is 2.86. The molecule has 114 valence electrons. The summed E-state index contributed by atoms with van der Waals surface area (Å²) in [4.78, 5) is 24.3. The molecule has 0 radical (unpaired) electrons. The molecular weight excluding hydrogens is 272 g/mol. The molecule has 1 spiro atoms. The number of carbonyl (C=O) groups excluding carboxylic acids is 1. The van der Waals surface area contributed by atoms with Crippen molar-refractivity contribution < 1.29 is 28.2 Å². The molecular formula is C13H19F2NO4. The van der Waals surface area contributed by atoms with Gasteiger partial charge in [-0.2, -0.15) is 0 Å². The Labute approximate surface area is 115 Å². The molecule has 7 heteroatoms. The van der Waals surface area contributed by atoms with Gasteiger partial charge in [0, 0.05) is 24.8 Å². The maximum Gasteiger partial charge on any atom is 0.411 e. The predicted molar refractivity (Wildman–Crippen MR) is 65.6 cm³/mol. The molecule has 1 N–H and O–H groups in total. The van der Waals surface area contributed by atoms with E-state index in [1.807, 2.05) is 0 Å². The first-order valence-corrected chi connectivity index (χ1v) is 6.53. The standard InChI is InChI=1S/C13H19F2NO4/c1-11(2,3)20-10(19)16-7-12(4-8(16)9(17)18)5-13(14,15)6-12/h8H,4-7H2,1-3H3,(H,17,18)/t8-/m0/s1. The second-order valence-corrected chi connectivity index (χ2v) is 6.88. The van der Waals surface area contributed by atoms with E-state index in [2.05, 4.69) is 0 Å². The van der Waals surface area contributed by atoms with Gasteiger partial charge in [0.25, 0.3) is 0 Å². The van der Waals surface area contributed by atoms with E-state index in [9.17, 15) is 23.5 Å². The number of hydrogen-bond donors (Lipinski definition) is 1. The molecule has 1 saturated heterocycles. The lowest BCUT2D eigenvalue weighted by Gasteiger charge is -2.44. The minimum atomic E-state index is -2.74. The van der Waals surface area contributed by atoms with Crippen molar-refractivity contribution >= 4 is 12.1 Å². The summed E-state index contributed by atoms with van der Waals surface area (Å²) in [5.41, 5.74) is -1.52. The summed E-state index contributed by atoms with van der Waals surface area (Å²) in [6, 6.07) is -1.08. The molecule has 0 bridgehead atoms. The highest BCUT2D eigenvalue weighted by Crippen LogP contribution is 2.58. The van der Waals surface area contributed by atoms with Gasteiger partial charge in [-0.25, -0.2) is 18.4 Å². The minimum absolute atomic E-state index is 0.0223. The van der Waals surface area contributed by atoms with Gasteiger partial charge in [-0.05, 0) is 27.2 Å². The molecule has 1 saturated carbocycles.